The van der Waals surface area contributed by atoms with E-state index in [2.05, 4.69) is 95.8 Å². The van der Waals surface area contributed by atoms with Crippen molar-refractivity contribution >= 4 is 5.91 Å². The molecule has 7 rings (SSSR count). The van der Waals surface area contributed by atoms with Crippen molar-refractivity contribution in [1.82, 2.24) is 19.6 Å². The van der Waals surface area contributed by atoms with Gasteiger partial charge >= 0.3 is 0 Å². The molecule has 1 saturated carbocycles. The summed E-state index contributed by atoms with van der Waals surface area (Å²) in [5.74, 6) is 3.17. The van der Waals surface area contributed by atoms with Gasteiger partial charge in [0.25, 0.3) is 0 Å². The predicted octanol–water partition coefficient (Wildman–Crippen LogP) is 10.0. The van der Waals surface area contributed by atoms with E-state index < -0.39 is 0 Å². The van der Waals surface area contributed by atoms with Crippen LogP contribution in [0.15, 0.2) is 23.5 Å². The van der Waals surface area contributed by atoms with Gasteiger partial charge in [-0.25, -0.2) is 0 Å². The van der Waals surface area contributed by atoms with E-state index in [1.807, 2.05) is 0 Å². The van der Waals surface area contributed by atoms with Crippen LogP contribution < -0.4 is 0 Å². The number of carbonyl (C=O) groups is 1. The Kier molecular flexibility index (Phi) is 9.01. The van der Waals surface area contributed by atoms with Gasteiger partial charge in [0.1, 0.15) is 12.2 Å². The predicted molar refractivity (Wildman–Crippen MR) is 203 cm³/mol. The summed E-state index contributed by atoms with van der Waals surface area (Å²) in [7, 11) is 0. The molecule has 2 aliphatic carbocycles. The molecule has 0 aromatic carbocycles. The molecule has 4 saturated heterocycles. The highest BCUT2D eigenvalue weighted by Crippen LogP contribution is 2.72. The van der Waals surface area contributed by atoms with Crippen LogP contribution in [0.5, 0.6) is 0 Å². The molecule has 276 valence electrons. The van der Waals surface area contributed by atoms with Gasteiger partial charge in [-0.1, -0.05) is 89.2 Å². The maximum absolute atomic E-state index is 15.8. The van der Waals surface area contributed by atoms with E-state index in [0.717, 1.165) is 44.7 Å². The number of likely N-dealkylation sites (tertiary alicyclic amines) is 1. The van der Waals surface area contributed by atoms with Crippen LogP contribution in [-0.2, 0) is 4.79 Å². The first-order valence-electron chi connectivity index (χ1n) is 21.1. The summed E-state index contributed by atoms with van der Waals surface area (Å²) in [6, 6.07) is 0.623. The molecule has 1 amide bonds. The van der Waals surface area contributed by atoms with Crippen LogP contribution in [-0.4, -0.2) is 69.1 Å². The number of piperazine rings is 1. The Balaban J connectivity index is 1.37. The average molecular weight is 675 g/mol. The summed E-state index contributed by atoms with van der Waals surface area (Å²) in [4.78, 5) is 26.8. The molecule has 5 aliphatic heterocycles. The van der Waals surface area contributed by atoms with Crippen LogP contribution in [0.4, 0.5) is 0 Å². The maximum atomic E-state index is 15.8. The molecule has 0 aromatic rings. The van der Waals surface area contributed by atoms with Crippen molar-refractivity contribution in [1.29, 1.82) is 0 Å². The molecule has 9 atom stereocenters. The van der Waals surface area contributed by atoms with Gasteiger partial charge in [-0.05, 0) is 117 Å². The third-order valence-electron chi connectivity index (χ3n) is 16.6. The van der Waals surface area contributed by atoms with Crippen LogP contribution in [0.1, 0.15) is 160 Å². The molecule has 7 aliphatic rings. The van der Waals surface area contributed by atoms with Gasteiger partial charge in [0.2, 0.25) is 5.91 Å². The Labute approximate surface area is 301 Å². The van der Waals surface area contributed by atoms with E-state index in [1.165, 1.54) is 63.5 Å². The molecule has 49 heavy (non-hydrogen) atoms. The largest absolute Gasteiger partial charge is 0.354 e. The molecular formula is C44H74N4O. The van der Waals surface area contributed by atoms with Crippen molar-refractivity contribution in [3.63, 3.8) is 0 Å². The minimum absolute atomic E-state index is 0.00624. The fraction of sp³-hybridized carbons (Fsp3) is 0.886. The molecule has 3 unspecified atom stereocenters. The second-order valence-corrected chi connectivity index (χ2v) is 20.3. The topological polar surface area (TPSA) is 30.0 Å². The molecule has 5 heteroatoms. The Hall–Kier alpha value is -1.49. The smallest absolute Gasteiger partial charge is 0.247 e. The fourth-order valence-corrected chi connectivity index (χ4v) is 13.3. The number of fused-ring (bicyclic) bond motifs is 9. The average Bonchev–Trinajstić information content (AvgIpc) is 3.76. The summed E-state index contributed by atoms with van der Waals surface area (Å²) in [5.41, 5.74) is 4.96. The van der Waals surface area contributed by atoms with Crippen LogP contribution in [0.2, 0.25) is 0 Å². The van der Waals surface area contributed by atoms with Gasteiger partial charge in [0, 0.05) is 41.4 Å². The van der Waals surface area contributed by atoms with Gasteiger partial charge in [-0.15, -0.1) is 0 Å². The standard InChI is InChI=1S/C44H74N4O/c1-13-41(9,10)43-26-36-31(8)47-37(38(49)48(36)40(43)45(23-21-28(3)4)34-18-16-15-17-32(34)43)27-44(42(11,12)14-2)33-25-30(7)19-20-35(33)46(39(44)47)24-22-29(5)6/h28-30,33,35-37,39-40H,8,13-27H2,1-7,9-12H3/t30?,33?,35-,36-,37-,39-,40?,43+,44+/m0/s1. The molecule has 5 fully saturated rings. The molecule has 0 spiro atoms. The molecule has 0 N–H and O–H groups in total. The van der Waals surface area contributed by atoms with Crippen molar-refractivity contribution in [2.24, 2.45) is 45.3 Å². The fourth-order valence-electron chi connectivity index (χ4n) is 13.3. The second kappa shape index (κ2) is 12.3. The SMILES string of the molecule is C=C1[C@@H]2C[C@@]3(C(C)(C)CC)C4=C(CCCC4)N(CCC(C)C)C3N2C(=O)[C@@H]2C[C@@]3(C(C)(C)CC)C4CC(C)CC[C@@H]4N(CCC(C)C)[C@H]3N12. The lowest BCUT2D eigenvalue weighted by Gasteiger charge is -2.52. The first-order valence-corrected chi connectivity index (χ1v) is 21.1. The summed E-state index contributed by atoms with van der Waals surface area (Å²) in [6.07, 6.45) is 16.1. The lowest BCUT2D eigenvalue weighted by atomic mass is 9.53. The van der Waals surface area contributed by atoms with Crippen LogP contribution in [0.3, 0.4) is 0 Å². The summed E-state index contributed by atoms with van der Waals surface area (Å²) in [5, 5.41) is 0. The van der Waals surface area contributed by atoms with Gasteiger partial charge in [0.15, 0.2) is 0 Å². The van der Waals surface area contributed by atoms with Crippen molar-refractivity contribution in [2.45, 2.75) is 190 Å². The Morgan fingerprint density at radius 1 is 0.837 bits per heavy atom. The lowest BCUT2D eigenvalue weighted by molar-refractivity contribution is -0.150. The number of hydrogen-bond donors (Lipinski definition) is 0. The van der Waals surface area contributed by atoms with E-state index in [1.54, 1.807) is 11.3 Å². The third-order valence-corrected chi connectivity index (χ3v) is 16.6. The molecule has 0 radical (unpaired) electrons. The van der Waals surface area contributed by atoms with Crippen LogP contribution in [0, 0.1) is 45.3 Å². The third kappa shape index (κ3) is 4.80. The minimum atomic E-state index is -0.0931. The highest BCUT2D eigenvalue weighted by Gasteiger charge is 2.76. The number of hydrogen-bond acceptors (Lipinski definition) is 4. The quantitative estimate of drug-likeness (QED) is 0.231. The summed E-state index contributed by atoms with van der Waals surface area (Å²) in [6.45, 7) is 34.5. The monoisotopic (exact) mass is 675 g/mol. The Bertz CT molecular complexity index is 1340. The zero-order valence-corrected chi connectivity index (χ0v) is 33.7. The molecule has 5 heterocycles. The number of allylic oxidation sites excluding steroid dienone is 1. The normalized spacial score (nSPS) is 39.2. The minimum Gasteiger partial charge on any atom is -0.354 e. The van der Waals surface area contributed by atoms with Crippen LogP contribution >= 0.6 is 0 Å². The first kappa shape index (κ1) is 35.9. The number of carbonyl (C=O) groups excluding carboxylic acids is 1. The van der Waals surface area contributed by atoms with E-state index >= 15 is 4.79 Å². The van der Waals surface area contributed by atoms with Gasteiger partial charge < -0.3 is 14.7 Å². The molecular weight excluding hydrogens is 601 g/mol. The van der Waals surface area contributed by atoms with E-state index in [-0.39, 0.29) is 46.1 Å². The van der Waals surface area contributed by atoms with Gasteiger partial charge in [-0.3, -0.25) is 9.69 Å². The van der Waals surface area contributed by atoms with Crippen molar-refractivity contribution < 1.29 is 4.79 Å². The lowest BCUT2D eigenvalue weighted by Crippen LogP contribution is -2.64. The van der Waals surface area contributed by atoms with E-state index in [9.17, 15) is 0 Å². The summed E-state index contributed by atoms with van der Waals surface area (Å²) < 4.78 is 0. The van der Waals surface area contributed by atoms with Gasteiger partial charge in [0.05, 0.1) is 12.2 Å². The zero-order chi connectivity index (χ0) is 35.4. The Morgan fingerprint density at radius 3 is 2.14 bits per heavy atom. The molecule has 0 bridgehead atoms. The number of amides is 1. The van der Waals surface area contributed by atoms with Crippen molar-refractivity contribution in [3.05, 3.63) is 23.5 Å². The molecule has 5 nitrogen and oxygen atoms in total. The summed E-state index contributed by atoms with van der Waals surface area (Å²) >= 11 is 0. The first-order chi connectivity index (χ1) is 23.1. The van der Waals surface area contributed by atoms with E-state index in [4.69, 9.17) is 6.58 Å². The van der Waals surface area contributed by atoms with E-state index in [0.29, 0.717) is 29.7 Å². The number of rotatable bonds is 10. The van der Waals surface area contributed by atoms with Crippen molar-refractivity contribution in [3.8, 4) is 0 Å². The highest BCUT2D eigenvalue weighted by molar-refractivity contribution is 5.86. The molecule has 0 aromatic heterocycles. The zero-order valence-electron chi connectivity index (χ0n) is 33.7. The highest BCUT2D eigenvalue weighted by atomic mass is 16.2. The van der Waals surface area contributed by atoms with Gasteiger partial charge in [-0.2, -0.15) is 0 Å². The van der Waals surface area contributed by atoms with Crippen LogP contribution in [0.25, 0.3) is 0 Å². The Morgan fingerprint density at radius 2 is 1.49 bits per heavy atom. The second-order valence-electron chi connectivity index (χ2n) is 20.3. The maximum Gasteiger partial charge on any atom is 0.247 e. The number of nitrogens with zero attached hydrogens (tertiary/aromatic N) is 4. The van der Waals surface area contributed by atoms with Crippen molar-refractivity contribution in [2.75, 3.05) is 13.1 Å².